The van der Waals surface area contributed by atoms with Crippen molar-refractivity contribution < 1.29 is 9.59 Å². The molecule has 0 aliphatic carbocycles. The first-order valence-electron chi connectivity index (χ1n) is 6.17. The smallest absolute Gasteiger partial charge is 0.324 e. The maximum absolute atomic E-state index is 11.9. The summed E-state index contributed by atoms with van der Waals surface area (Å²) in [6.07, 6.45) is 2.13. The third kappa shape index (κ3) is 2.95. The van der Waals surface area contributed by atoms with E-state index in [1.165, 1.54) is 4.90 Å². The zero-order valence-corrected chi connectivity index (χ0v) is 10.2. The predicted molar refractivity (Wildman–Crippen MR) is 63.6 cm³/mol. The van der Waals surface area contributed by atoms with Crippen LogP contribution in [0.5, 0.6) is 0 Å². The summed E-state index contributed by atoms with van der Waals surface area (Å²) in [6.45, 7) is 3.41. The monoisotopic (exact) mass is 240 g/mol. The number of hydrogen-bond acceptors (Lipinski definition) is 4. The van der Waals surface area contributed by atoms with Gasteiger partial charge in [-0.2, -0.15) is 0 Å². The summed E-state index contributed by atoms with van der Waals surface area (Å²) in [5.41, 5.74) is 0. The normalized spacial score (nSPS) is 22.0. The first-order chi connectivity index (χ1) is 8.18. The number of imide groups is 1. The third-order valence-electron chi connectivity index (χ3n) is 3.47. The number of hydrogen-bond donors (Lipinski definition) is 2. The molecule has 0 saturated carbocycles. The number of amides is 3. The number of carbonyl (C=O) groups excluding carboxylic acids is 2. The number of nitrogens with one attached hydrogen (secondary N) is 2. The lowest BCUT2D eigenvalue weighted by atomic mass is 10.1. The van der Waals surface area contributed by atoms with Crippen molar-refractivity contribution in [3.05, 3.63) is 0 Å². The van der Waals surface area contributed by atoms with Crippen LogP contribution in [0.4, 0.5) is 4.79 Å². The minimum absolute atomic E-state index is 0.0963. The lowest BCUT2D eigenvalue weighted by Gasteiger charge is -2.31. The summed E-state index contributed by atoms with van der Waals surface area (Å²) in [5, 5.41) is 5.94. The van der Waals surface area contributed by atoms with E-state index in [9.17, 15) is 9.59 Å². The van der Waals surface area contributed by atoms with Crippen molar-refractivity contribution in [2.45, 2.75) is 18.9 Å². The van der Waals surface area contributed by atoms with Gasteiger partial charge < -0.3 is 10.6 Å². The van der Waals surface area contributed by atoms with Crippen LogP contribution in [0.1, 0.15) is 12.8 Å². The molecule has 0 unspecified atom stereocenters. The molecule has 2 rings (SSSR count). The standard InChI is InChI=1S/C11H20N4O2/c1-14(9-2-4-12-5-3-9)8-10(16)15-7-6-13-11(15)17/h9,12H,2-8H2,1H3,(H,13,17). The molecule has 6 nitrogen and oxygen atoms in total. The molecule has 0 atom stereocenters. The zero-order valence-electron chi connectivity index (χ0n) is 10.2. The summed E-state index contributed by atoms with van der Waals surface area (Å²) >= 11 is 0. The zero-order chi connectivity index (χ0) is 12.3. The molecule has 0 aromatic carbocycles. The molecule has 0 aromatic heterocycles. The van der Waals surface area contributed by atoms with E-state index in [1.807, 2.05) is 7.05 Å². The largest absolute Gasteiger partial charge is 0.336 e. The van der Waals surface area contributed by atoms with Gasteiger partial charge in [0.25, 0.3) is 0 Å². The van der Waals surface area contributed by atoms with E-state index in [0.29, 0.717) is 25.7 Å². The fraction of sp³-hybridized carbons (Fsp3) is 0.818. The molecule has 0 spiro atoms. The van der Waals surface area contributed by atoms with Crippen LogP contribution in [0, 0.1) is 0 Å². The molecule has 2 saturated heterocycles. The number of urea groups is 1. The summed E-state index contributed by atoms with van der Waals surface area (Å²) in [6, 6.07) is 0.194. The van der Waals surface area contributed by atoms with Crippen molar-refractivity contribution in [1.82, 2.24) is 20.4 Å². The van der Waals surface area contributed by atoms with Crippen molar-refractivity contribution in [3.8, 4) is 0 Å². The SMILES string of the molecule is CN(CC(=O)N1CCNC1=O)C1CCNCC1. The van der Waals surface area contributed by atoms with Gasteiger partial charge in [-0.1, -0.05) is 0 Å². The molecule has 3 amide bonds. The minimum Gasteiger partial charge on any atom is -0.336 e. The van der Waals surface area contributed by atoms with Gasteiger partial charge in [0, 0.05) is 19.1 Å². The second kappa shape index (κ2) is 5.46. The highest BCUT2D eigenvalue weighted by molar-refractivity contribution is 5.96. The molecular weight excluding hydrogens is 220 g/mol. The Balaban J connectivity index is 1.82. The molecule has 0 aromatic rings. The van der Waals surface area contributed by atoms with Gasteiger partial charge in [-0.3, -0.25) is 14.6 Å². The third-order valence-corrected chi connectivity index (χ3v) is 3.47. The van der Waals surface area contributed by atoms with Crippen LogP contribution in [-0.4, -0.2) is 67.6 Å². The van der Waals surface area contributed by atoms with Crippen LogP contribution in [0.25, 0.3) is 0 Å². The van der Waals surface area contributed by atoms with Crippen LogP contribution in [0.2, 0.25) is 0 Å². The topological polar surface area (TPSA) is 64.7 Å². The Kier molecular flexibility index (Phi) is 3.96. The Labute approximate surface area is 101 Å². The highest BCUT2D eigenvalue weighted by atomic mass is 16.2. The van der Waals surface area contributed by atoms with E-state index in [2.05, 4.69) is 15.5 Å². The second-order valence-corrected chi connectivity index (χ2v) is 4.67. The van der Waals surface area contributed by atoms with Crippen LogP contribution in [-0.2, 0) is 4.79 Å². The summed E-state index contributed by atoms with van der Waals surface area (Å²) < 4.78 is 0. The van der Waals surface area contributed by atoms with Gasteiger partial charge in [-0.25, -0.2) is 4.79 Å². The Morgan fingerprint density at radius 2 is 2.12 bits per heavy atom. The lowest BCUT2D eigenvalue weighted by Crippen LogP contribution is -2.47. The number of rotatable bonds is 3. The van der Waals surface area contributed by atoms with Crippen LogP contribution in [0.15, 0.2) is 0 Å². The maximum Gasteiger partial charge on any atom is 0.324 e. The lowest BCUT2D eigenvalue weighted by molar-refractivity contribution is -0.129. The van der Waals surface area contributed by atoms with Crippen molar-refractivity contribution >= 4 is 11.9 Å². The summed E-state index contributed by atoms with van der Waals surface area (Å²) in [5.74, 6) is -0.0963. The second-order valence-electron chi connectivity index (χ2n) is 4.67. The quantitative estimate of drug-likeness (QED) is 0.679. The first kappa shape index (κ1) is 12.3. The van der Waals surface area contributed by atoms with Crippen molar-refractivity contribution in [1.29, 1.82) is 0 Å². The number of carbonyl (C=O) groups is 2. The highest BCUT2D eigenvalue weighted by Crippen LogP contribution is 2.10. The van der Waals surface area contributed by atoms with E-state index in [0.717, 1.165) is 25.9 Å². The molecule has 0 radical (unpaired) electrons. The minimum atomic E-state index is -0.256. The van der Waals surface area contributed by atoms with Gasteiger partial charge in [0.1, 0.15) is 0 Å². The Hall–Kier alpha value is -1.14. The van der Waals surface area contributed by atoms with Gasteiger partial charge in [0.2, 0.25) is 5.91 Å². The molecule has 6 heteroatoms. The molecule has 17 heavy (non-hydrogen) atoms. The Morgan fingerprint density at radius 3 is 2.71 bits per heavy atom. The van der Waals surface area contributed by atoms with E-state index in [1.54, 1.807) is 0 Å². The van der Waals surface area contributed by atoms with Crippen LogP contribution < -0.4 is 10.6 Å². The van der Waals surface area contributed by atoms with Gasteiger partial charge in [0.05, 0.1) is 6.54 Å². The molecule has 96 valence electrons. The average molecular weight is 240 g/mol. The van der Waals surface area contributed by atoms with Crippen molar-refractivity contribution in [3.63, 3.8) is 0 Å². The van der Waals surface area contributed by atoms with Crippen LogP contribution >= 0.6 is 0 Å². The fourth-order valence-corrected chi connectivity index (χ4v) is 2.38. The van der Waals surface area contributed by atoms with E-state index in [4.69, 9.17) is 0 Å². The average Bonchev–Trinajstić information content (AvgIpc) is 2.76. The number of piperidine rings is 1. The van der Waals surface area contributed by atoms with Crippen molar-refractivity contribution in [2.24, 2.45) is 0 Å². The predicted octanol–water partition coefficient (Wildman–Crippen LogP) is -0.778. The summed E-state index contributed by atoms with van der Waals surface area (Å²) in [7, 11) is 1.96. The van der Waals surface area contributed by atoms with E-state index >= 15 is 0 Å². The molecule has 2 aliphatic heterocycles. The molecule has 2 fully saturated rings. The van der Waals surface area contributed by atoms with Gasteiger partial charge >= 0.3 is 6.03 Å². The molecular formula is C11H20N4O2. The van der Waals surface area contributed by atoms with Gasteiger partial charge in [-0.15, -0.1) is 0 Å². The van der Waals surface area contributed by atoms with Crippen LogP contribution in [0.3, 0.4) is 0 Å². The Morgan fingerprint density at radius 1 is 1.41 bits per heavy atom. The van der Waals surface area contributed by atoms with Gasteiger partial charge in [0.15, 0.2) is 0 Å². The molecule has 0 bridgehead atoms. The summed E-state index contributed by atoms with van der Waals surface area (Å²) in [4.78, 5) is 26.6. The maximum atomic E-state index is 11.9. The number of nitrogens with zero attached hydrogens (tertiary/aromatic N) is 2. The van der Waals surface area contributed by atoms with E-state index < -0.39 is 0 Å². The fourth-order valence-electron chi connectivity index (χ4n) is 2.38. The Bertz CT molecular complexity index is 302. The van der Waals surface area contributed by atoms with Gasteiger partial charge in [-0.05, 0) is 33.0 Å². The van der Waals surface area contributed by atoms with E-state index in [-0.39, 0.29) is 11.9 Å². The molecule has 2 N–H and O–H groups in total. The first-order valence-corrected chi connectivity index (χ1v) is 6.17. The van der Waals surface area contributed by atoms with Crippen molar-refractivity contribution in [2.75, 3.05) is 39.8 Å². The highest BCUT2D eigenvalue weighted by Gasteiger charge is 2.28. The molecule has 2 heterocycles. The number of likely N-dealkylation sites (N-methyl/N-ethyl adjacent to an activating group) is 1. The molecule has 2 aliphatic rings.